The third kappa shape index (κ3) is 3.22. The van der Waals surface area contributed by atoms with Crippen LogP contribution in [0, 0.1) is 0 Å². The molecule has 2 aromatic carbocycles. The first-order valence-electron chi connectivity index (χ1n) is 8.16. The van der Waals surface area contributed by atoms with E-state index in [9.17, 15) is 13.2 Å². The number of carbonyl (C=O) groups excluding carboxylic acids is 1. The van der Waals surface area contributed by atoms with E-state index in [0.717, 1.165) is 24.0 Å². The molecule has 4 nitrogen and oxygen atoms in total. The van der Waals surface area contributed by atoms with Crippen LogP contribution in [-0.4, -0.2) is 19.6 Å². The maximum atomic E-state index is 13.0. The zero-order valence-corrected chi connectivity index (χ0v) is 14.4. The largest absolute Gasteiger partial charge is 0.325 e. The number of fused-ring (bicyclic) bond motifs is 1. The van der Waals surface area contributed by atoms with Gasteiger partial charge < -0.3 is 5.32 Å². The molecule has 0 fully saturated rings. The normalized spacial score (nSPS) is 18.5. The number of rotatable bonds is 4. The van der Waals surface area contributed by atoms with Crippen LogP contribution in [0.2, 0.25) is 0 Å². The van der Waals surface area contributed by atoms with Crippen molar-refractivity contribution in [3.63, 3.8) is 0 Å². The Morgan fingerprint density at radius 1 is 1.08 bits per heavy atom. The van der Waals surface area contributed by atoms with E-state index in [1.165, 1.54) is 6.92 Å². The van der Waals surface area contributed by atoms with E-state index >= 15 is 0 Å². The summed E-state index contributed by atoms with van der Waals surface area (Å²) < 4.78 is 26.0. The smallest absolute Gasteiger partial charge is 0.242 e. The van der Waals surface area contributed by atoms with E-state index in [2.05, 4.69) is 5.32 Å². The zero-order chi connectivity index (χ0) is 17.2. The summed E-state index contributed by atoms with van der Waals surface area (Å²) in [5, 5.41) is 1.01. The number of nitrogens with one attached hydrogen (secondary N) is 1. The van der Waals surface area contributed by atoms with Gasteiger partial charge in [-0.1, -0.05) is 42.5 Å². The lowest BCUT2D eigenvalue weighted by Gasteiger charge is -2.27. The highest BCUT2D eigenvalue weighted by Crippen LogP contribution is 2.37. The van der Waals surface area contributed by atoms with Crippen LogP contribution in [0.4, 0.5) is 5.69 Å². The maximum absolute atomic E-state index is 13.0. The van der Waals surface area contributed by atoms with E-state index in [1.54, 1.807) is 24.3 Å². The molecule has 0 unspecified atom stereocenters. The Hall–Kier alpha value is -2.14. The molecule has 1 N–H and O–H groups in total. The molecule has 1 aliphatic rings. The fraction of sp³-hybridized carbons (Fsp3) is 0.316. The monoisotopic (exact) mass is 343 g/mol. The summed E-state index contributed by atoms with van der Waals surface area (Å²) in [5.74, 6) is -0.482. The summed E-state index contributed by atoms with van der Waals surface area (Å²) in [4.78, 5) is 12.4. The average molecular weight is 343 g/mol. The summed E-state index contributed by atoms with van der Waals surface area (Å²) in [6, 6.07) is 16.6. The predicted octanol–water partition coefficient (Wildman–Crippen LogP) is 3.51. The van der Waals surface area contributed by atoms with Crippen molar-refractivity contribution in [1.82, 2.24) is 0 Å². The molecule has 0 saturated heterocycles. The van der Waals surface area contributed by atoms with Gasteiger partial charge in [-0.2, -0.15) is 0 Å². The third-order valence-electron chi connectivity index (χ3n) is 4.61. The van der Waals surface area contributed by atoms with Crippen molar-refractivity contribution in [3.8, 4) is 0 Å². The molecular weight excluding hydrogens is 322 g/mol. The Morgan fingerprint density at radius 3 is 2.50 bits per heavy atom. The Balaban J connectivity index is 1.84. The minimum absolute atomic E-state index is 0.482. The van der Waals surface area contributed by atoms with E-state index in [0.29, 0.717) is 12.1 Å². The third-order valence-corrected chi connectivity index (χ3v) is 7.10. The lowest BCUT2D eigenvalue weighted by molar-refractivity contribution is -0.115. The second-order valence-electron chi connectivity index (χ2n) is 6.17. The number of anilines is 1. The molecule has 126 valence electrons. The summed E-state index contributed by atoms with van der Waals surface area (Å²) in [5.41, 5.74) is 2.53. The number of benzene rings is 2. The minimum atomic E-state index is -3.61. The van der Waals surface area contributed by atoms with E-state index in [4.69, 9.17) is 0 Å². The van der Waals surface area contributed by atoms with E-state index < -0.39 is 26.2 Å². The Labute approximate surface area is 142 Å². The summed E-state index contributed by atoms with van der Waals surface area (Å²) >= 11 is 0. The van der Waals surface area contributed by atoms with Crippen LogP contribution in [0.1, 0.15) is 36.1 Å². The molecule has 0 radical (unpaired) electrons. The highest BCUT2D eigenvalue weighted by molar-refractivity contribution is 7.93. The molecule has 0 spiro atoms. The van der Waals surface area contributed by atoms with Gasteiger partial charge in [0.2, 0.25) is 5.91 Å². The van der Waals surface area contributed by atoms with Gasteiger partial charge in [0, 0.05) is 5.69 Å². The van der Waals surface area contributed by atoms with Gasteiger partial charge in [0.1, 0.15) is 5.25 Å². The van der Waals surface area contributed by atoms with Crippen LogP contribution in [0.25, 0.3) is 0 Å². The van der Waals surface area contributed by atoms with Crippen molar-refractivity contribution in [2.75, 3.05) is 5.32 Å². The SMILES string of the molecule is C[C@H](C(=O)Nc1ccccc1)S(=O)(=O)[C@@H]1CCCc2ccccc21. The first kappa shape index (κ1) is 16.7. The number of carbonyl (C=O) groups is 1. The molecule has 0 bridgehead atoms. The minimum Gasteiger partial charge on any atom is -0.325 e. The lowest BCUT2D eigenvalue weighted by atomic mass is 9.91. The van der Waals surface area contributed by atoms with Gasteiger partial charge in [-0.05, 0) is 49.4 Å². The average Bonchev–Trinajstić information content (AvgIpc) is 2.61. The van der Waals surface area contributed by atoms with Gasteiger partial charge >= 0.3 is 0 Å². The zero-order valence-electron chi connectivity index (χ0n) is 13.6. The molecule has 24 heavy (non-hydrogen) atoms. The van der Waals surface area contributed by atoms with Crippen LogP contribution in [-0.2, 0) is 21.1 Å². The number of para-hydroxylation sites is 1. The van der Waals surface area contributed by atoms with Gasteiger partial charge in [-0.15, -0.1) is 0 Å². The van der Waals surface area contributed by atoms with Gasteiger partial charge in [0.15, 0.2) is 9.84 Å². The van der Waals surface area contributed by atoms with E-state index in [1.807, 2.05) is 30.3 Å². The Morgan fingerprint density at radius 2 is 1.75 bits per heavy atom. The molecule has 1 aliphatic carbocycles. The van der Waals surface area contributed by atoms with Crippen LogP contribution in [0.3, 0.4) is 0 Å². The molecule has 0 saturated carbocycles. The number of hydrogen-bond donors (Lipinski definition) is 1. The van der Waals surface area contributed by atoms with Gasteiger partial charge in [-0.3, -0.25) is 4.79 Å². The second kappa shape index (κ2) is 6.77. The van der Waals surface area contributed by atoms with Crippen molar-refractivity contribution in [1.29, 1.82) is 0 Å². The van der Waals surface area contributed by atoms with Crippen LogP contribution in [0.5, 0.6) is 0 Å². The van der Waals surface area contributed by atoms with Gasteiger partial charge in [-0.25, -0.2) is 8.42 Å². The standard InChI is InChI=1S/C19H21NO3S/c1-14(19(21)20-16-10-3-2-4-11-16)24(22,23)18-13-7-9-15-8-5-6-12-17(15)18/h2-6,8,10-12,14,18H,7,9,13H2,1H3,(H,20,21)/t14-,18-/m1/s1. The van der Waals surface area contributed by atoms with Gasteiger partial charge in [0.25, 0.3) is 0 Å². The topological polar surface area (TPSA) is 63.2 Å². The van der Waals surface area contributed by atoms with Crippen molar-refractivity contribution in [3.05, 3.63) is 65.7 Å². The number of sulfone groups is 1. The Bertz CT molecular complexity index is 831. The van der Waals surface area contributed by atoms with Crippen molar-refractivity contribution in [2.24, 2.45) is 0 Å². The van der Waals surface area contributed by atoms with Crippen LogP contribution < -0.4 is 5.32 Å². The Kier molecular flexibility index (Phi) is 4.71. The van der Waals surface area contributed by atoms with Crippen molar-refractivity contribution >= 4 is 21.4 Å². The molecule has 0 aliphatic heterocycles. The predicted molar refractivity (Wildman–Crippen MR) is 95.6 cm³/mol. The fourth-order valence-electron chi connectivity index (χ4n) is 3.21. The maximum Gasteiger partial charge on any atom is 0.242 e. The molecule has 1 amide bonds. The molecule has 2 atom stereocenters. The fourth-order valence-corrected chi connectivity index (χ4v) is 5.14. The van der Waals surface area contributed by atoms with Gasteiger partial charge in [0.05, 0.1) is 5.25 Å². The highest BCUT2D eigenvalue weighted by Gasteiger charge is 2.38. The number of hydrogen-bond acceptors (Lipinski definition) is 3. The van der Waals surface area contributed by atoms with Crippen LogP contribution in [0.15, 0.2) is 54.6 Å². The molecule has 0 aromatic heterocycles. The lowest BCUT2D eigenvalue weighted by Crippen LogP contribution is -2.36. The molecule has 0 heterocycles. The number of aryl methyl sites for hydroxylation is 1. The summed E-state index contributed by atoms with van der Waals surface area (Å²) in [6.45, 7) is 1.48. The molecular formula is C19H21NO3S. The summed E-state index contributed by atoms with van der Waals surface area (Å²) in [6.07, 6.45) is 2.29. The second-order valence-corrected chi connectivity index (χ2v) is 8.62. The summed E-state index contributed by atoms with van der Waals surface area (Å²) in [7, 11) is -3.61. The number of amides is 1. The van der Waals surface area contributed by atoms with Crippen molar-refractivity contribution in [2.45, 2.75) is 36.7 Å². The highest BCUT2D eigenvalue weighted by atomic mass is 32.2. The molecule has 3 rings (SSSR count). The van der Waals surface area contributed by atoms with Crippen LogP contribution >= 0.6 is 0 Å². The quantitative estimate of drug-likeness (QED) is 0.924. The van der Waals surface area contributed by atoms with E-state index in [-0.39, 0.29) is 0 Å². The first-order chi connectivity index (χ1) is 11.5. The van der Waals surface area contributed by atoms with Crippen molar-refractivity contribution < 1.29 is 13.2 Å². The molecule has 2 aromatic rings. The molecule has 5 heteroatoms. The first-order valence-corrected chi connectivity index (χ1v) is 9.77.